The van der Waals surface area contributed by atoms with Crippen molar-refractivity contribution >= 4 is 16.9 Å². The smallest absolute Gasteiger partial charge is 0.125 e. The topological polar surface area (TPSA) is 18.5 Å². The Morgan fingerprint density at radius 2 is 1.89 bits per heavy atom. The number of rotatable bonds is 3. The number of anilines is 2. The van der Waals surface area contributed by atoms with Crippen molar-refractivity contribution in [1.29, 1.82) is 0 Å². The third-order valence-corrected chi connectivity index (χ3v) is 6.32. The summed E-state index contributed by atoms with van der Waals surface area (Å²) in [6.07, 6.45) is 5.39. The number of nitrogens with one attached hydrogen (secondary N) is 1. The van der Waals surface area contributed by atoms with Crippen LogP contribution in [0.1, 0.15) is 30.9 Å². The molecule has 0 aliphatic carbocycles. The highest BCUT2D eigenvalue weighted by Gasteiger charge is 2.38. The maximum absolute atomic E-state index is 14.0. The van der Waals surface area contributed by atoms with Crippen molar-refractivity contribution in [3.8, 4) is 0 Å². The summed E-state index contributed by atoms with van der Waals surface area (Å²) in [6, 6.07) is 10.5. The molecule has 146 valence electrons. The lowest BCUT2D eigenvalue weighted by Crippen LogP contribution is -2.50. The zero-order chi connectivity index (χ0) is 19.3. The number of nitrogens with zero attached hydrogens (tertiary/aromatic N) is 2. The van der Waals surface area contributed by atoms with Gasteiger partial charge < -0.3 is 10.2 Å². The fourth-order valence-electron chi connectivity index (χ4n) is 4.88. The Bertz CT molecular complexity index is 922. The number of benzene rings is 2. The Balaban J connectivity index is 1.31. The lowest BCUT2D eigenvalue weighted by Gasteiger charge is -2.39. The maximum atomic E-state index is 14.0. The van der Waals surface area contributed by atoms with E-state index in [9.17, 15) is 8.78 Å². The molecule has 2 atom stereocenters. The molecule has 0 radical (unpaired) electrons. The summed E-state index contributed by atoms with van der Waals surface area (Å²) < 4.78 is 27.1. The second kappa shape index (κ2) is 6.89. The summed E-state index contributed by atoms with van der Waals surface area (Å²) in [5.41, 5.74) is 5.66. The Morgan fingerprint density at radius 3 is 2.64 bits per heavy atom. The van der Waals surface area contributed by atoms with E-state index in [4.69, 9.17) is 0 Å². The van der Waals surface area contributed by atoms with Gasteiger partial charge in [-0.2, -0.15) is 0 Å². The molecule has 0 spiro atoms. The molecule has 0 saturated heterocycles. The van der Waals surface area contributed by atoms with Gasteiger partial charge in [0.25, 0.3) is 0 Å². The van der Waals surface area contributed by atoms with Gasteiger partial charge in [-0.05, 0) is 67.2 Å². The first kappa shape index (κ1) is 17.7. The van der Waals surface area contributed by atoms with Crippen LogP contribution in [0.25, 0.3) is 5.57 Å². The van der Waals surface area contributed by atoms with Crippen LogP contribution in [0.15, 0.2) is 42.5 Å². The van der Waals surface area contributed by atoms with E-state index in [0.717, 1.165) is 55.7 Å². The Morgan fingerprint density at radius 1 is 1.07 bits per heavy atom. The molecular weight excluding hydrogens is 356 g/mol. The third-order valence-electron chi connectivity index (χ3n) is 6.32. The van der Waals surface area contributed by atoms with Crippen LogP contribution in [-0.2, 0) is 6.42 Å². The van der Waals surface area contributed by atoms with E-state index in [1.54, 1.807) is 12.1 Å². The van der Waals surface area contributed by atoms with Crippen molar-refractivity contribution in [2.45, 2.75) is 38.4 Å². The maximum Gasteiger partial charge on any atom is 0.125 e. The average Bonchev–Trinajstić information content (AvgIpc) is 3.05. The summed E-state index contributed by atoms with van der Waals surface area (Å²) in [6.45, 7) is 5.01. The number of hydrogen-bond acceptors (Lipinski definition) is 3. The number of hydrogen-bond donors (Lipinski definition) is 1. The lowest BCUT2D eigenvalue weighted by atomic mass is 9.96. The second-order valence-electron chi connectivity index (χ2n) is 8.16. The van der Waals surface area contributed by atoms with Gasteiger partial charge in [-0.3, -0.25) is 4.90 Å². The summed E-state index contributed by atoms with van der Waals surface area (Å²) in [5, 5.41) is 3.57. The van der Waals surface area contributed by atoms with Crippen LogP contribution < -0.4 is 10.2 Å². The molecule has 0 fully saturated rings. The molecule has 28 heavy (non-hydrogen) atoms. The number of aryl methyl sites for hydroxylation is 1. The van der Waals surface area contributed by atoms with Crippen molar-refractivity contribution in [1.82, 2.24) is 4.90 Å². The SMILES string of the molecule is CC1CCc2cc(F)cc3c2N1C(CN1CC=C(c2ccc(F)cc2)CC1)N3. The molecule has 2 aromatic carbocycles. The molecule has 5 heteroatoms. The standard InChI is InChI=1S/C23H25F2N3/c1-15-2-3-18-12-20(25)13-21-23(18)28(15)22(26-21)14-27-10-8-17(9-11-27)16-4-6-19(24)7-5-16/h4-8,12-13,15,22,26H,2-3,9-11,14H2,1H3. The minimum Gasteiger partial charge on any atom is -0.362 e. The van der Waals surface area contributed by atoms with Gasteiger partial charge in [-0.25, -0.2) is 8.78 Å². The molecule has 5 rings (SSSR count). The van der Waals surface area contributed by atoms with Gasteiger partial charge in [0.05, 0.1) is 11.4 Å². The van der Waals surface area contributed by atoms with Crippen LogP contribution in [0.4, 0.5) is 20.2 Å². The Hall–Kier alpha value is -2.40. The predicted octanol–water partition coefficient (Wildman–Crippen LogP) is 4.65. The van der Waals surface area contributed by atoms with Crippen LogP contribution in [-0.4, -0.2) is 36.7 Å². The predicted molar refractivity (Wildman–Crippen MR) is 110 cm³/mol. The van der Waals surface area contributed by atoms with Gasteiger partial charge >= 0.3 is 0 Å². The van der Waals surface area contributed by atoms with Crippen LogP contribution in [0.5, 0.6) is 0 Å². The fraction of sp³-hybridized carbons (Fsp3) is 0.391. The van der Waals surface area contributed by atoms with Gasteiger partial charge in [-0.15, -0.1) is 0 Å². The molecule has 3 nitrogen and oxygen atoms in total. The molecule has 3 heterocycles. The molecule has 0 bridgehead atoms. The highest BCUT2D eigenvalue weighted by atomic mass is 19.1. The summed E-state index contributed by atoms with van der Waals surface area (Å²) >= 11 is 0. The molecular formula is C23H25F2N3. The first-order chi connectivity index (χ1) is 13.6. The van der Waals surface area contributed by atoms with E-state index < -0.39 is 0 Å². The molecule has 3 aliphatic heterocycles. The molecule has 1 N–H and O–H groups in total. The van der Waals surface area contributed by atoms with Crippen molar-refractivity contribution in [3.05, 3.63) is 65.2 Å². The molecule has 3 aliphatic rings. The van der Waals surface area contributed by atoms with Crippen molar-refractivity contribution in [3.63, 3.8) is 0 Å². The zero-order valence-electron chi connectivity index (χ0n) is 16.1. The summed E-state index contributed by atoms with van der Waals surface area (Å²) in [4.78, 5) is 4.89. The summed E-state index contributed by atoms with van der Waals surface area (Å²) in [7, 11) is 0. The fourth-order valence-corrected chi connectivity index (χ4v) is 4.88. The summed E-state index contributed by atoms with van der Waals surface area (Å²) in [5.74, 6) is -0.346. The Kier molecular flexibility index (Phi) is 4.35. The highest BCUT2D eigenvalue weighted by molar-refractivity contribution is 5.80. The quantitative estimate of drug-likeness (QED) is 0.835. The highest BCUT2D eigenvalue weighted by Crippen LogP contribution is 2.44. The minimum atomic E-state index is -0.194. The van der Waals surface area contributed by atoms with Crippen molar-refractivity contribution in [2.75, 3.05) is 29.9 Å². The zero-order valence-corrected chi connectivity index (χ0v) is 16.1. The first-order valence-electron chi connectivity index (χ1n) is 10.1. The van der Waals surface area contributed by atoms with E-state index in [0.29, 0.717) is 6.04 Å². The van der Waals surface area contributed by atoms with Gasteiger partial charge in [0.1, 0.15) is 17.8 Å². The molecule has 2 unspecified atom stereocenters. The third kappa shape index (κ3) is 3.08. The normalized spacial score (nSPS) is 24.0. The van der Waals surface area contributed by atoms with E-state index in [1.165, 1.54) is 23.4 Å². The van der Waals surface area contributed by atoms with Crippen LogP contribution in [0.2, 0.25) is 0 Å². The van der Waals surface area contributed by atoms with E-state index in [-0.39, 0.29) is 17.8 Å². The molecule has 0 amide bonds. The van der Waals surface area contributed by atoms with E-state index in [1.807, 2.05) is 12.1 Å². The molecule has 0 aromatic heterocycles. The van der Waals surface area contributed by atoms with Crippen molar-refractivity contribution in [2.24, 2.45) is 0 Å². The van der Waals surface area contributed by atoms with E-state index >= 15 is 0 Å². The molecule has 0 saturated carbocycles. The van der Waals surface area contributed by atoms with Gasteiger partial charge in [0.15, 0.2) is 0 Å². The first-order valence-corrected chi connectivity index (χ1v) is 10.1. The van der Waals surface area contributed by atoms with E-state index in [2.05, 4.69) is 28.1 Å². The molecule has 2 aromatic rings. The Labute approximate surface area is 164 Å². The monoisotopic (exact) mass is 381 g/mol. The van der Waals surface area contributed by atoms with Crippen LogP contribution in [0.3, 0.4) is 0 Å². The van der Waals surface area contributed by atoms with Crippen LogP contribution in [0, 0.1) is 11.6 Å². The minimum absolute atomic E-state index is 0.152. The second-order valence-corrected chi connectivity index (χ2v) is 8.16. The average molecular weight is 381 g/mol. The van der Waals surface area contributed by atoms with Crippen LogP contribution >= 0.6 is 0 Å². The lowest BCUT2D eigenvalue weighted by molar-refractivity contribution is 0.281. The van der Waals surface area contributed by atoms with Gasteiger partial charge in [-0.1, -0.05) is 18.2 Å². The van der Waals surface area contributed by atoms with Gasteiger partial charge in [0.2, 0.25) is 0 Å². The van der Waals surface area contributed by atoms with Crippen molar-refractivity contribution < 1.29 is 8.78 Å². The largest absolute Gasteiger partial charge is 0.362 e. The van der Waals surface area contributed by atoms with Gasteiger partial charge in [0, 0.05) is 25.7 Å². The number of halogens is 2.